The van der Waals surface area contributed by atoms with Crippen LogP contribution in [0.4, 0.5) is 0 Å². The van der Waals surface area contributed by atoms with Gasteiger partial charge in [-0.25, -0.2) is 0 Å². The van der Waals surface area contributed by atoms with E-state index in [0.29, 0.717) is 19.5 Å². The Hall–Kier alpha value is -1.59. The summed E-state index contributed by atoms with van der Waals surface area (Å²) in [6.07, 6.45) is 11.0. The van der Waals surface area contributed by atoms with E-state index >= 15 is 0 Å². The molecule has 158 valence electrons. The van der Waals surface area contributed by atoms with Gasteiger partial charge in [-0.1, -0.05) is 58.3 Å². The monoisotopic (exact) mass is 384 g/mol. The maximum absolute atomic E-state index is 12.5. The molecular weight excluding hydrogens is 344 g/mol. The summed E-state index contributed by atoms with van der Waals surface area (Å²) in [5.74, 6) is -1.31. The molecule has 6 nitrogen and oxygen atoms in total. The Morgan fingerprint density at radius 3 is 1.81 bits per heavy atom. The van der Waals surface area contributed by atoms with Gasteiger partial charge in [0.25, 0.3) is 0 Å². The van der Waals surface area contributed by atoms with Gasteiger partial charge in [0.2, 0.25) is 11.8 Å². The summed E-state index contributed by atoms with van der Waals surface area (Å²) in [6, 6.07) is -0.743. The third-order valence-corrected chi connectivity index (χ3v) is 4.86. The SMILES string of the molecule is CCCCCCCCCCCC(=O)NC(CCC(=O)O)C(=O)N(CC)CC. The molecule has 2 N–H and O–H groups in total. The van der Waals surface area contributed by atoms with Crippen LogP contribution in [0, 0.1) is 0 Å². The van der Waals surface area contributed by atoms with Crippen molar-refractivity contribution in [2.45, 2.75) is 104 Å². The molecule has 0 rings (SSSR count). The van der Waals surface area contributed by atoms with E-state index in [9.17, 15) is 14.4 Å². The first-order valence-electron chi connectivity index (χ1n) is 10.8. The average Bonchev–Trinajstić information content (AvgIpc) is 2.64. The minimum atomic E-state index is -0.958. The molecule has 0 aliphatic heterocycles. The molecule has 0 aromatic carbocycles. The molecule has 0 radical (unpaired) electrons. The molecule has 0 aromatic heterocycles. The molecular formula is C21H40N2O4. The van der Waals surface area contributed by atoms with Crippen molar-refractivity contribution in [1.82, 2.24) is 10.2 Å². The lowest BCUT2D eigenvalue weighted by Crippen LogP contribution is -2.48. The van der Waals surface area contributed by atoms with E-state index in [1.807, 2.05) is 13.8 Å². The molecule has 2 amide bonds. The predicted molar refractivity (Wildman–Crippen MR) is 109 cm³/mol. The first-order valence-corrected chi connectivity index (χ1v) is 10.8. The Bertz CT molecular complexity index is 422. The van der Waals surface area contributed by atoms with Crippen LogP contribution in [0.15, 0.2) is 0 Å². The third kappa shape index (κ3) is 13.3. The van der Waals surface area contributed by atoms with Crippen molar-refractivity contribution >= 4 is 17.8 Å². The lowest BCUT2D eigenvalue weighted by Gasteiger charge is -2.25. The number of carbonyl (C=O) groups is 3. The van der Waals surface area contributed by atoms with Gasteiger partial charge in [-0.3, -0.25) is 14.4 Å². The number of hydrogen-bond donors (Lipinski definition) is 2. The number of carboxylic acid groups (broad SMARTS) is 1. The Morgan fingerprint density at radius 2 is 1.33 bits per heavy atom. The number of carboxylic acids is 1. The third-order valence-electron chi connectivity index (χ3n) is 4.86. The number of unbranched alkanes of at least 4 members (excludes halogenated alkanes) is 8. The van der Waals surface area contributed by atoms with Gasteiger partial charge in [0, 0.05) is 25.9 Å². The van der Waals surface area contributed by atoms with Gasteiger partial charge in [-0.05, 0) is 26.7 Å². The van der Waals surface area contributed by atoms with Crippen molar-refractivity contribution in [1.29, 1.82) is 0 Å². The van der Waals surface area contributed by atoms with E-state index < -0.39 is 12.0 Å². The summed E-state index contributed by atoms with van der Waals surface area (Å²) >= 11 is 0. The molecule has 0 aromatic rings. The topological polar surface area (TPSA) is 86.7 Å². The van der Waals surface area contributed by atoms with Crippen LogP contribution in [0.25, 0.3) is 0 Å². The van der Waals surface area contributed by atoms with Crippen molar-refractivity contribution in [3.8, 4) is 0 Å². The zero-order valence-corrected chi connectivity index (χ0v) is 17.6. The summed E-state index contributed by atoms with van der Waals surface area (Å²) in [5.41, 5.74) is 0. The first-order chi connectivity index (χ1) is 13.0. The second kappa shape index (κ2) is 16.6. The Labute approximate surface area is 165 Å². The molecule has 6 heteroatoms. The Morgan fingerprint density at radius 1 is 0.815 bits per heavy atom. The van der Waals surface area contributed by atoms with Gasteiger partial charge in [0.15, 0.2) is 0 Å². The largest absolute Gasteiger partial charge is 0.481 e. The fourth-order valence-electron chi connectivity index (χ4n) is 3.14. The first kappa shape index (κ1) is 25.4. The minimum absolute atomic E-state index is 0.129. The fourth-order valence-corrected chi connectivity index (χ4v) is 3.14. The molecule has 0 aliphatic rings. The molecule has 0 saturated heterocycles. The van der Waals surface area contributed by atoms with Crippen molar-refractivity contribution in [3.63, 3.8) is 0 Å². The summed E-state index contributed by atoms with van der Waals surface area (Å²) in [7, 11) is 0. The van der Waals surface area contributed by atoms with Crippen LogP contribution in [0.5, 0.6) is 0 Å². The summed E-state index contributed by atoms with van der Waals surface area (Å²) in [6.45, 7) is 7.06. The average molecular weight is 385 g/mol. The maximum Gasteiger partial charge on any atom is 0.303 e. The molecule has 1 atom stereocenters. The van der Waals surface area contributed by atoms with Crippen LogP contribution in [0.2, 0.25) is 0 Å². The van der Waals surface area contributed by atoms with E-state index in [1.165, 1.54) is 38.5 Å². The zero-order chi connectivity index (χ0) is 20.5. The van der Waals surface area contributed by atoms with Crippen LogP contribution in [-0.2, 0) is 14.4 Å². The highest BCUT2D eigenvalue weighted by Crippen LogP contribution is 2.11. The van der Waals surface area contributed by atoms with Crippen LogP contribution in [0.3, 0.4) is 0 Å². The molecule has 0 fully saturated rings. The van der Waals surface area contributed by atoms with E-state index in [-0.39, 0.29) is 24.7 Å². The van der Waals surface area contributed by atoms with Gasteiger partial charge in [-0.2, -0.15) is 0 Å². The molecule has 1 unspecified atom stereocenters. The zero-order valence-electron chi connectivity index (χ0n) is 17.6. The standard InChI is InChI=1S/C21H40N2O4/c1-4-7-8-9-10-11-12-13-14-15-19(24)22-18(16-17-20(25)26)21(27)23(5-2)6-3/h18H,4-17H2,1-3H3,(H,22,24)(H,25,26). The molecule has 0 aliphatic carbocycles. The maximum atomic E-state index is 12.5. The van der Waals surface area contributed by atoms with Gasteiger partial charge in [0.05, 0.1) is 0 Å². The number of likely N-dealkylation sites (N-methyl/N-ethyl adjacent to an activating group) is 1. The molecule has 0 heterocycles. The summed E-state index contributed by atoms with van der Waals surface area (Å²) in [4.78, 5) is 37.1. The van der Waals surface area contributed by atoms with E-state index in [0.717, 1.165) is 19.3 Å². The van der Waals surface area contributed by atoms with Crippen LogP contribution >= 0.6 is 0 Å². The minimum Gasteiger partial charge on any atom is -0.481 e. The Balaban J connectivity index is 4.16. The van der Waals surface area contributed by atoms with Crippen molar-refractivity contribution in [2.75, 3.05) is 13.1 Å². The lowest BCUT2D eigenvalue weighted by molar-refractivity contribution is -0.139. The Kier molecular flexibility index (Phi) is 15.6. The fraction of sp³-hybridized carbons (Fsp3) is 0.857. The van der Waals surface area contributed by atoms with Crippen LogP contribution < -0.4 is 5.32 Å². The molecule has 27 heavy (non-hydrogen) atoms. The normalized spacial score (nSPS) is 11.8. The van der Waals surface area contributed by atoms with Crippen molar-refractivity contribution in [2.24, 2.45) is 0 Å². The van der Waals surface area contributed by atoms with E-state index in [4.69, 9.17) is 5.11 Å². The lowest BCUT2D eigenvalue weighted by atomic mass is 10.1. The van der Waals surface area contributed by atoms with Crippen molar-refractivity contribution < 1.29 is 19.5 Å². The smallest absolute Gasteiger partial charge is 0.303 e. The predicted octanol–water partition coefficient (Wildman–Crippen LogP) is 4.13. The van der Waals surface area contributed by atoms with Gasteiger partial charge >= 0.3 is 5.97 Å². The van der Waals surface area contributed by atoms with Gasteiger partial charge < -0.3 is 15.3 Å². The second-order valence-electron chi connectivity index (χ2n) is 7.14. The summed E-state index contributed by atoms with van der Waals surface area (Å²) < 4.78 is 0. The van der Waals surface area contributed by atoms with Gasteiger partial charge in [0.1, 0.15) is 6.04 Å². The quantitative estimate of drug-likeness (QED) is 0.369. The number of amides is 2. The molecule has 0 bridgehead atoms. The molecule has 0 saturated carbocycles. The summed E-state index contributed by atoms with van der Waals surface area (Å²) in [5, 5.41) is 11.6. The highest BCUT2D eigenvalue weighted by Gasteiger charge is 2.24. The number of hydrogen-bond acceptors (Lipinski definition) is 3. The number of nitrogens with zero attached hydrogens (tertiary/aromatic N) is 1. The number of rotatable bonds is 17. The highest BCUT2D eigenvalue weighted by molar-refractivity contribution is 5.88. The number of aliphatic carboxylic acids is 1. The van der Waals surface area contributed by atoms with E-state index in [1.54, 1.807) is 4.90 Å². The van der Waals surface area contributed by atoms with Crippen LogP contribution in [-0.4, -0.2) is 46.9 Å². The number of carbonyl (C=O) groups excluding carboxylic acids is 2. The highest BCUT2D eigenvalue weighted by atomic mass is 16.4. The van der Waals surface area contributed by atoms with E-state index in [2.05, 4.69) is 12.2 Å². The van der Waals surface area contributed by atoms with Crippen molar-refractivity contribution in [3.05, 3.63) is 0 Å². The van der Waals surface area contributed by atoms with Crippen LogP contribution in [0.1, 0.15) is 97.8 Å². The van der Waals surface area contributed by atoms with Gasteiger partial charge in [-0.15, -0.1) is 0 Å². The molecule has 0 spiro atoms. The second-order valence-corrected chi connectivity index (χ2v) is 7.14. The number of nitrogens with one attached hydrogen (secondary N) is 1.